The van der Waals surface area contributed by atoms with Crippen LogP contribution in [0.15, 0.2) is 11.6 Å². The predicted molar refractivity (Wildman–Crippen MR) is 154 cm³/mol. The summed E-state index contributed by atoms with van der Waals surface area (Å²) in [6.07, 6.45) is 15.9. The van der Waals surface area contributed by atoms with E-state index in [2.05, 4.69) is 26.8 Å². The van der Waals surface area contributed by atoms with Gasteiger partial charge in [-0.05, 0) is 111 Å². The molecule has 0 aromatic rings. The lowest BCUT2D eigenvalue weighted by atomic mass is 9.47. The quantitative estimate of drug-likeness (QED) is 0.466. The molecule has 0 aromatic heterocycles. The summed E-state index contributed by atoms with van der Waals surface area (Å²) >= 11 is 0. The van der Waals surface area contributed by atoms with E-state index in [1.54, 1.807) is 5.57 Å². The van der Waals surface area contributed by atoms with E-state index in [4.69, 9.17) is 0 Å². The number of fused-ring (bicyclic) bond motifs is 5. The highest BCUT2D eigenvalue weighted by molar-refractivity contribution is 5.78. The van der Waals surface area contributed by atoms with Crippen molar-refractivity contribution in [2.24, 2.45) is 40.4 Å². The number of rotatable bonds is 4. The van der Waals surface area contributed by atoms with E-state index in [1.165, 1.54) is 32.1 Å². The van der Waals surface area contributed by atoms with Gasteiger partial charge in [-0.1, -0.05) is 32.4 Å². The Morgan fingerprint density at radius 2 is 1.62 bits per heavy atom. The predicted octanol–water partition coefficient (Wildman–Crippen LogP) is 5.70. The van der Waals surface area contributed by atoms with Gasteiger partial charge in [-0.3, -0.25) is 4.79 Å². The molecule has 6 aliphatic rings. The molecular weight excluding hydrogens is 486 g/mol. The number of carbonyl (C=O) groups is 2. The van der Waals surface area contributed by atoms with Crippen LogP contribution in [-0.2, 0) is 4.79 Å². The molecule has 6 rings (SSSR count). The summed E-state index contributed by atoms with van der Waals surface area (Å²) in [5, 5.41) is 10.3. The minimum Gasteiger partial charge on any atom is -0.393 e. The van der Waals surface area contributed by atoms with Crippen LogP contribution in [0.3, 0.4) is 0 Å². The fourth-order valence-corrected chi connectivity index (χ4v) is 10.6. The second kappa shape index (κ2) is 10.7. The average molecular weight is 540 g/mol. The van der Waals surface area contributed by atoms with Gasteiger partial charge in [0.05, 0.1) is 6.10 Å². The third kappa shape index (κ3) is 4.85. The summed E-state index contributed by atoms with van der Waals surface area (Å²) in [6, 6.07) is 0.173. The molecule has 6 heteroatoms. The number of hydrogen-bond acceptors (Lipinski definition) is 3. The summed E-state index contributed by atoms with van der Waals surface area (Å²) in [7, 11) is 0. The highest BCUT2D eigenvalue weighted by atomic mass is 16.3. The normalized spacial score (nSPS) is 41.0. The van der Waals surface area contributed by atoms with Gasteiger partial charge in [0.2, 0.25) is 5.91 Å². The first-order valence-electron chi connectivity index (χ1n) is 16.4. The maximum Gasteiger partial charge on any atom is 0.320 e. The van der Waals surface area contributed by atoms with Crippen molar-refractivity contribution in [3.63, 3.8) is 0 Å². The number of amides is 3. The van der Waals surface area contributed by atoms with Gasteiger partial charge in [0.15, 0.2) is 0 Å². The van der Waals surface area contributed by atoms with Crippen LogP contribution < -0.4 is 0 Å². The molecule has 3 saturated carbocycles. The van der Waals surface area contributed by atoms with Crippen LogP contribution in [0.5, 0.6) is 0 Å². The fourth-order valence-electron chi connectivity index (χ4n) is 10.6. The smallest absolute Gasteiger partial charge is 0.320 e. The van der Waals surface area contributed by atoms with Gasteiger partial charge >= 0.3 is 6.03 Å². The molecule has 1 unspecified atom stereocenters. The SMILES string of the molecule is CC(CCC(=O)N1CCN(C(=O)N2CCCC2)CC1)[C@H]1CC[C@H]2[C@@H]3CC=C4C[C@@H](O)CC[C@]4(C)[C@H]3CC[C@]12C. The minimum atomic E-state index is -0.129. The average Bonchev–Trinajstić information content (AvgIpc) is 3.60. The molecule has 39 heavy (non-hydrogen) atoms. The van der Waals surface area contributed by atoms with Crippen molar-refractivity contribution >= 4 is 11.9 Å². The van der Waals surface area contributed by atoms with Crippen LogP contribution >= 0.6 is 0 Å². The molecule has 0 spiro atoms. The number of likely N-dealkylation sites (tertiary alicyclic amines) is 1. The molecule has 218 valence electrons. The maximum atomic E-state index is 13.2. The van der Waals surface area contributed by atoms with Crippen LogP contribution in [0.25, 0.3) is 0 Å². The van der Waals surface area contributed by atoms with Gasteiger partial charge in [0, 0.05) is 45.7 Å². The van der Waals surface area contributed by atoms with Crippen molar-refractivity contribution in [2.45, 2.75) is 104 Å². The summed E-state index contributed by atoms with van der Waals surface area (Å²) in [5.41, 5.74) is 2.28. The van der Waals surface area contributed by atoms with Gasteiger partial charge in [0.25, 0.3) is 0 Å². The molecule has 5 fully saturated rings. The van der Waals surface area contributed by atoms with E-state index in [1.807, 2.05) is 14.7 Å². The van der Waals surface area contributed by atoms with Crippen LogP contribution in [0, 0.1) is 40.4 Å². The number of aliphatic hydroxyl groups is 1. The van der Waals surface area contributed by atoms with E-state index in [0.717, 1.165) is 75.3 Å². The first-order valence-corrected chi connectivity index (χ1v) is 16.4. The molecule has 1 N–H and O–H groups in total. The number of piperazine rings is 1. The van der Waals surface area contributed by atoms with E-state index in [-0.39, 0.29) is 18.0 Å². The maximum absolute atomic E-state index is 13.2. The highest BCUT2D eigenvalue weighted by Crippen LogP contribution is 2.67. The van der Waals surface area contributed by atoms with Crippen molar-refractivity contribution in [1.82, 2.24) is 14.7 Å². The molecule has 2 aliphatic heterocycles. The fraction of sp³-hybridized carbons (Fsp3) is 0.879. The second-order valence-electron chi connectivity index (χ2n) is 14.7. The van der Waals surface area contributed by atoms with Gasteiger partial charge in [-0.15, -0.1) is 0 Å². The summed E-state index contributed by atoms with van der Waals surface area (Å²) in [5.74, 6) is 3.98. The monoisotopic (exact) mass is 539 g/mol. The molecule has 4 aliphatic carbocycles. The Labute approximate surface area is 236 Å². The lowest BCUT2D eigenvalue weighted by molar-refractivity contribution is -0.133. The molecule has 8 atom stereocenters. The number of hydrogen-bond donors (Lipinski definition) is 1. The topological polar surface area (TPSA) is 64.1 Å². The van der Waals surface area contributed by atoms with E-state index in [9.17, 15) is 14.7 Å². The summed E-state index contributed by atoms with van der Waals surface area (Å²) < 4.78 is 0. The van der Waals surface area contributed by atoms with Gasteiger partial charge in [-0.2, -0.15) is 0 Å². The number of urea groups is 1. The Bertz CT molecular complexity index is 967. The number of aliphatic hydroxyl groups excluding tert-OH is 1. The summed E-state index contributed by atoms with van der Waals surface area (Å²) in [6.45, 7) is 12.0. The number of carbonyl (C=O) groups excluding carboxylic acids is 2. The Morgan fingerprint density at radius 1 is 0.923 bits per heavy atom. The van der Waals surface area contributed by atoms with Crippen molar-refractivity contribution in [1.29, 1.82) is 0 Å². The third-order valence-electron chi connectivity index (χ3n) is 12.9. The van der Waals surface area contributed by atoms with Crippen LogP contribution in [0.4, 0.5) is 4.79 Å². The van der Waals surface area contributed by atoms with Crippen molar-refractivity contribution < 1.29 is 14.7 Å². The molecule has 0 bridgehead atoms. The largest absolute Gasteiger partial charge is 0.393 e. The van der Waals surface area contributed by atoms with Crippen LogP contribution in [0.1, 0.15) is 97.8 Å². The van der Waals surface area contributed by atoms with Crippen molar-refractivity contribution in [2.75, 3.05) is 39.3 Å². The standard InChI is InChI=1S/C33H53N3O3/c1-23(6-11-30(38)34-18-20-36(21-19-34)31(39)35-16-4-5-17-35)27-9-10-28-26-8-7-24-22-25(37)12-14-32(24,2)29(26)13-15-33(27,28)3/h7,23,25-29,37H,4-6,8-22H2,1-3H3/t23?,25-,26-,27+,28-,29-,32-,33+/m0/s1. The molecule has 0 radical (unpaired) electrons. The lowest BCUT2D eigenvalue weighted by Gasteiger charge is -2.58. The Morgan fingerprint density at radius 3 is 2.36 bits per heavy atom. The Kier molecular flexibility index (Phi) is 7.56. The van der Waals surface area contributed by atoms with Gasteiger partial charge in [0.1, 0.15) is 0 Å². The number of allylic oxidation sites excluding steroid dienone is 1. The van der Waals surface area contributed by atoms with Crippen LogP contribution in [-0.4, -0.2) is 77.1 Å². The lowest BCUT2D eigenvalue weighted by Crippen LogP contribution is -2.53. The number of nitrogens with zero attached hydrogens (tertiary/aromatic N) is 3. The van der Waals surface area contributed by atoms with Gasteiger partial charge in [-0.25, -0.2) is 4.79 Å². The first kappa shape index (κ1) is 27.6. The van der Waals surface area contributed by atoms with E-state index in [0.29, 0.717) is 49.3 Å². The molecule has 6 nitrogen and oxygen atoms in total. The zero-order valence-electron chi connectivity index (χ0n) is 24.9. The molecule has 2 saturated heterocycles. The molecule has 0 aromatic carbocycles. The molecule has 2 heterocycles. The van der Waals surface area contributed by atoms with Crippen molar-refractivity contribution in [3.05, 3.63) is 11.6 Å². The highest BCUT2D eigenvalue weighted by Gasteiger charge is 2.59. The van der Waals surface area contributed by atoms with E-state index < -0.39 is 0 Å². The van der Waals surface area contributed by atoms with Gasteiger partial charge < -0.3 is 19.8 Å². The van der Waals surface area contributed by atoms with Crippen LogP contribution in [0.2, 0.25) is 0 Å². The minimum absolute atomic E-state index is 0.129. The Balaban J connectivity index is 1.02. The Hall–Kier alpha value is -1.56. The second-order valence-corrected chi connectivity index (χ2v) is 14.7. The van der Waals surface area contributed by atoms with Crippen molar-refractivity contribution in [3.8, 4) is 0 Å². The molecule has 3 amide bonds. The first-order chi connectivity index (χ1) is 18.7. The zero-order valence-corrected chi connectivity index (χ0v) is 24.9. The summed E-state index contributed by atoms with van der Waals surface area (Å²) in [4.78, 5) is 31.8. The van der Waals surface area contributed by atoms with E-state index >= 15 is 0 Å². The molecular formula is C33H53N3O3. The zero-order chi connectivity index (χ0) is 27.4. The third-order valence-corrected chi connectivity index (χ3v) is 12.9.